The monoisotopic (exact) mass is 270 g/mol. The zero-order valence-corrected chi connectivity index (χ0v) is 11.2. The van der Waals surface area contributed by atoms with Gasteiger partial charge in [0.2, 0.25) is 0 Å². The molecule has 1 N–H and O–H groups in total. The molecule has 0 saturated heterocycles. The Morgan fingerprint density at radius 2 is 2.20 bits per heavy atom. The average molecular weight is 270 g/mol. The van der Waals surface area contributed by atoms with Crippen LogP contribution in [0.4, 0.5) is 0 Å². The fraction of sp³-hybridized carbons (Fsp3) is 0.231. The zero-order chi connectivity index (χ0) is 14.1. The minimum Gasteiger partial charge on any atom is -0.305 e. The molecule has 3 aromatic heterocycles. The van der Waals surface area contributed by atoms with Crippen LogP contribution >= 0.6 is 0 Å². The molecule has 0 fully saturated rings. The van der Waals surface area contributed by atoms with Gasteiger partial charge in [-0.15, -0.1) is 0 Å². The topological polar surface area (TPSA) is 81.4 Å². The second kappa shape index (κ2) is 4.76. The molecule has 0 aliphatic carbocycles. The number of hydrogen-bond donors (Lipinski definition) is 1. The number of aromatic nitrogens is 6. The molecule has 0 bridgehead atoms. The van der Waals surface area contributed by atoms with Gasteiger partial charge in [0.25, 0.3) is 5.56 Å². The molecule has 102 valence electrons. The first kappa shape index (κ1) is 12.3. The predicted octanol–water partition coefficient (Wildman–Crippen LogP) is 1.05. The highest BCUT2D eigenvalue weighted by atomic mass is 16.1. The molecule has 0 aromatic carbocycles. The van der Waals surface area contributed by atoms with E-state index in [1.54, 1.807) is 21.8 Å². The van der Waals surface area contributed by atoms with E-state index in [2.05, 4.69) is 20.2 Å². The maximum Gasteiger partial charge on any atom is 0.251 e. The van der Waals surface area contributed by atoms with Gasteiger partial charge in [0.05, 0.1) is 11.9 Å². The number of rotatable bonds is 3. The molecule has 0 aliphatic heterocycles. The summed E-state index contributed by atoms with van der Waals surface area (Å²) in [6.07, 6.45) is 5.20. The maximum atomic E-state index is 11.8. The molecule has 0 spiro atoms. The van der Waals surface area contributed by atoms with Crippen LogP contribution in [0.2, 0.25) is 0 Å². The fourth-order valence-corrected chi connectivity index (χ4v) is 2.07. The summed E-state index contributed by atoms with van der Waals surface area (Å²) in [5.41, 5.74) is 2.00. The summed E-state index contributed by atoms with van der Waals surface area (Å²) >= 11 is 0. The van der Waals surface area contributed by atoms with Crippen LogP contribution in [0.25, 0.3) is 22.8 Å². The zero-order valence-electron chi connectivity index (χ0n) is 11.2. The van der Waals surface area contributed by atoms with Crippen LogP contribution in [0, 0.1) is 0 Å². The van der Waals surface area contributed by atoms with Gasteiger partial charge in [0, 0.05) is 37.6 Å². The molecule has 3 heterocycles. The summed E-state index contributed by atoms with van der Waals surface area (Å²) < 4.78 is 3.46. The molecule has 20 heavy (non-hydrogen) atoms. The average Bonchev–Trinajstić information content (AvgIpc) is 3.06. The molecule has 0 saturated carbocycles. The Hall–Kier alpha value is -2.70. The lowest BCUT2D eigenvalue weighted by Crippen LogP contribution is -2.10. The molecule has 0 unspecified atom stereocenters. The highest BCUT2D eigenvalue weighted by Gasteiger charge is 2.10. The van der Waals surface area contributed by atoms with Gasteiger partial charge in [-0.3, -0.25) is 14.2 Å². The molecule has 7 nitrogen and oxygen atoms in total. The van der Waals surface area contributed by atoms with Crippen molar-refractivity contribution in [3.8, 4) is 22.8 Å². The summed E-state index contributed by atoms with van der Waals surface area (Å²) in [6, 6.07) is 3.29. The van der Waals surface area contributed by atoms with Crippen molar-refractivity contribution in [2.24, 2.45) is 7.05 Å². The van der Waals surface area contributed by atoms with Gasteiger partial charge in [0.15, 0.2) is 5.82 Å². The second-order valence-corrected chi connectivity index (χ2v) is 4.41. The molecule has 0 radical (unpaired) electrons. The lowest BCUT2D eigenvalue weighted by molar-refractivity contribution is 0.663. The SMILES string of the molecule is CCn1nccc1-c1nc(-c2cnn(C)c2)cc(=O)[nH]1. The van der Waals surface area contributed by atoms with Gasteiger partial charge in [-0.05, 0) is 13.0 Å². The van der Waals surface area contributed by atoms with Crippen molar-refractivity contribution in [1.82, 2.24) is 29.5 Å². The van der Waals surface area contributed by atoms with Crippen molar-refractivity contribution in [1.29, 1.82) is 0 Å². The van der Waals surface area contributed by atoms with Gasteiger partial charge in [0.1, 0.15) is 5.69 Å². The van der Waals surface area contributed by atoms with Gasteiger partial charge in [-0.25, -0.2) is 4.98 Å². The molecule has 0 atom stereocenters. The normalized spacial score (nSPS) is 10.9. The number of nitrogens with zero attached hydrogens (tertiary/aromatic N) is 5. The Labute approximate surface area is 114 Å². The molecular weight excluding hydrogens is 256 g/mol. The first-order valence-electron chi connectivity index (χ1n) is 6.30. The van der Waals surface area contributed by atoms with E-state index in [1.165, 1.54) is 6.07 Å². The minimum atomic E-state index is -0.197. The minimum absolute atomic E-state index is 0.197. The summed E-state index contributed by atoms with van der Waals surface area (Å²) in [5.74, 6) is 0.510. The summed E-state index contributed by atoms with van der Waals surface area (Å²) in [4.78, 5) is 19.1. The van der Waals surface area contributed by atoms with Crippen LogP contribution in [-0.2, 0) is 13.6 Å². The van der Waals surface area contributed by atoms with E-state index < -0.39 is 0 Å². The van der Waals surface area contributed by atoms with E-state index in [0.29, 0.717) is 18.1 Å². The fourth-order valence-electron chi connectivity index (χ4n) is 2.07. The third-order valence-electron chi connectivity index (χ3n) is 3.00. The van der Waals surface area contributed by atoms with E-state index in [1.807, 2.05) is 26.2 Å². The van der Waals surface area contributed by atoms with E-state index in [0.717, 1.165) is 11.3 Å². The summed E-state index contributed by atoms with van der Waals surface area (Å²) in [6.45, 7) is 2.70. The van der Waals surface area contributed by atoms with Gasteiger partial charge >= 0.3 is 0 Å². The lowest BCUT2D eigenvalue weighted by Gasteiger charge is -2.05. The predicted molar refractivity (Wildman–Crippen MR) is 74.0 cm³/mol. The van der Waals surface area contributed by atoms with Crippen molar-refractivity contribution < 1.29 is 0 Å². The van der Waals surface area contributed by atoms with E-state index in [9.17, 15) is 4.79 Å². The Morgan fingerprint density at radius 3 is 2.90 bits per heavy atom. The molecular formula is C13H14N6O. The van der Waals surface area contributed by atoms with Gasteiger partial charge in [-0.1, -0.05) is 0 Å². The highest BCUT2D eigenvalue weighted by molar-refractivity contribution is 5.60. The first-order valence-corrected chi connectivity index (χ1v) is 6.30. The highest BCUT2D eigenvalue weighted by Crippen LogP contribution is 2.18. The summed E-state index contributed by atoms with van der Waals surface area (Å²) in [7, 11) is 1.82. The van der Waals surface area contributed by atoms with Crippen molar-refractivity contribution in [2.45, 2.75) is 13.5 Å². The van der Waals surface area contributed by atoms with E-state index >= 15 is 0 Å². The number of hydrogen-bond acceptors (Lipinski definition) is 4. The van der Waals surface area contributed by atoms with Crippen molar-refractivity contribution >= 4 is 0 Å². The Balaban J connectivity index is 2.14. The van der Waals surface area contributed by atoms with Crippen molar-refractivity contribution in [3.63, 3.8) is 0 Å². The Kier molecular flexibility index (Phi) is 2.94. The van der Waals surface area contributed by atoms with Crippen LogP contribution < -0.4 is 5.56 Å². The first-order chi connectivity index (χ1) is 9.67. The quantitative estimate of drug-likeness (QED) is 0.771. The molecule has 3 rings (SSSR count). The van der Waals surface area contributed by atoms with E-state index in [4.69, 9.17) is 0 Å². The standard InChI is InChI=1S/C13H14N6O/c1-3-19-11(4-5-14-19)13-16-10(6-12(20)17-13)9-7-15-18(2)8-9/h4-8H,3H2,1-2H3,(H,16,17,20). The Morgan fingerprint density at radius 1 is 1.35 bits per heavy atom. The van der Waals surface area contributed by atoms with Crippen LogP contribution in [0.1, 0.15) is 6.92 Å². The molecule has 0 aliphatic rings. The number of H-pyrrole nitrogens is 1. The lowest BCUT2D eigenvalue weighted by atomic mass is 10.2. The molecule has 3 aromatic rings. The number of aryl methyl sites for hydroxylation is 2. The number of nitrogens with one attached hydrogen (secondary N) is 1. The van der Waals surface area contributed by atoms with Crippen LogP contribution in [-0.4, -0.2) is 29.5 Å². The smallest absolute Gasteiger partial charge is 0.251 e. The van der Waals surface area contributed by atoms with Gasteiger partial charge < -0.3 is 4.98 Å². The third kappa shape index (κ3) is 2.13. The Bertz CT molecular complexity index is 797. The van der Waals surface area contributed by atoms with E-state index in [-0.39, 0.29) is 5.56 Å². The second-order valence-electron chi connectivity index (χ2n) is 4.41. The van der Waals surface area contributed by atoms with Crippen molar-refractivity contribution in [2.75, 3.05) is 0 Å². The van der Waals surface area contributed by atoms with Gasteiger partial charge in [-0.2, -0.15) is 10.2 Å². The third-order valence-corrected chi connectivity index (χ3v) is 3.00. The summed E-state index contributed by atoms with van der Waals surface area (Å²) in [5, 5.41) is 8.28. The largest absolute Gasteiger partial charge is 0.305 e. The van der Waals surface area contributed by atoms with Crippen LogP contribution in [0.3, 0.4) is 0 Å². The maximum absolute atomic E-state index is 11.8. The van der Waals surface area contributed by atoms with Crippen LogP contribution in [0.15, 0.2) is 35.5 Å². The van der Waals surface area contributed by atoms with Crippen molar-refractivity contribution in [3.05, 3.63) is 41.1 Å². The molecule has 0 amide bonds. The number of aromatic amines is 1. The molecule has 7 heteroatoms. The van der Waals surface area contributed by atoms with Crippen LogP contribution in [0.5, 0.6) is 0 Å².